The van der Waals surface area contributed by atoms with Crippen LogP contribution in [0.2, 0.25) is 0 Å². The van der Waals surface area contributed by atoms with Gasteiger partial charge in [-0.2, -0.15) is 0 Å². The number of nitrogens with zero attached hydrogens (tertiary/aromatic N) is 3. The number of piperazine rings is 1. The maximum absolute atomic E-state index is 4.48. The molecule has 4 heteroatoms. The minimum atomic E-state index is 0.594. The van der Waals surface area contributed by atoms with Gasteiger partial charge in [-0.1, -0.05) is 24.6 Å². The summed E-state index contributed by atoms with van der Waals surface area (Å²) in [6.07, 6.45) is 7.24. The Labute approximate surface area is 151 Å². The molecule has 1 N–H and O–H groups in total. The second kappa shape index (κ2) is 7.71. The van der Waals surface area contributed by atoms with E-state index in [1.54, 1.807) is 0 Å². The number of likely N-dealkylation sites (N-methyl/N-ethyl adjacent to an activating group) is 1. The summed E-state index contributed by atoms with van der Waals surface area (Å²) < 4.78 is 0. The topological polar surface area (TPSA) is 31.4 Å². The van der Waals surface area contributed by atoms with Gasteiger partial charge < -0.3 is 15.1 Å². The van der Waals surface area contributed by atoms with E-state index in [1.807, 2.05) is 6.20 Å². The van der Waals surface area contributed by atoms with Gasteiger partial charge in [0.05, 0.1) is 5.52 Å². The minimum Gasteiger partial charge on any atom is -0.382 e. The standard InChI is InChI=1S/C21H30N4/c1-24-11-13-25(14-12-24)16-17-5-4-6-18(15-17)23-21-9-10-22-20-8-3-2-7-19(20)21/h2-3,7-10,17-18H,4-6,11-16H2,1H3,(H,22,23)/t17-,18+/m1/s1. The van der Waals surface area contributed by atoms with Crippen LogP contribution in [0.25, 0.3) is 10.9 Å². The summed E-state index contributed by atoms with van der Waals surface area (Å²) in [4.78, 5) is 9.60. The molecule has 2 atom stereocenters. The highest BCUT2D eigenvalue weighted by atomic mass is 15.2. The summed E-state index contributed by atoms with van der Waals surface area (Å²) in [6, 6.07) is 11.2. The molecule has 0 bridgehead atoms. The van der Waals surface area contributed by atoms with E-state index in [2.05, 4.69) is 57.5 Å². The van der Waals surface area contributed by atoms with Crippen LogP contribution in [0.3, 0.4) is 0 Å². The lowest BCUT2D eigenvalue weighted by molar-refractivity contribution is 0.124. The smallest absolute Gasteiger partial charge is 0.0722 e. The predicted octanol–water partition coefficient (Wildman–Crippen LogP) is 3.45. The summed E-state index contributed by atoms with van der Waals surface area (Å²) >= 11 is 0. The van der Waals surface area contributed by atoms with Crippen molar-refractivity contribution >= 4 is 16.6 Å². The second-order valence-electron chi connectivity index (χ2n) is 7.85. The van der Waals surface area contributed by atoms with Gasteiger partial charge in [0.15, 0.2) is 0 Å². The van der Waals surface area contributed by atoms with E-state index in [-0.39, 0.29) is 0 Å². The van der Waals surface area contributed by atoms with E-state index in [4.69, 9.17) is 0 Å². The molecule has 0 radical (unpaired) electrons. The third-order valence-electron chi connectivity index (χ3n) is 5.90. The number of hydrogen-bond acceptors (Lipinski definition) is 4. The highest BCUT2D eigenvalue weighted by molar-refractivity contribution is 5.90. The minimum absolute atomic E-state index is 0.594. The monoisotopic (exact) mass is 338 g/mol. The summed E-state index contributed by atoms with van der Waals surface area (Å²) in [5.41, 5.74) is 2.33. The van der Waals surface area contributed by atoms with Crippen molar-refractivity contribution in [3.05, 3.63) is 36.5 Å². The Morgan fingerprint density at radius 1 is 1.08 bits per heavy atom. The van der Waals surface area contributed by atoms with E-state index in [0.717, 1.165) is 11.4 Å². The first-order valence-corrected chi connectivity index (χ1v) is 9.79. The first kappa shape index (κ1) is 16.8. The highest BCUT2D eigenvalue weighted by Crippen LogP contribution is 2.30. The van der Waals surface area contributed by atoms with Crippen LogP contribution in [0.5, 0.6) is 0 Å². The molecule has 0 amide bonds. The molecule has 1 aromatic carbocycles. The van der Waals surface area contributed by atoms with Gasteiger partial charge in [-0.05, 0) is 44.4 Å². The first-order valence-electron chi connectivity index (χ1n) is 9.79. The van der Waals surface area contributed by atoms with Crippen molar-refractivity contribution in [2.75, 3.05) is 45.1 Å². The Morgan fingerprint density at radius 2 is 1.92 bits per heavy atom. The lowest BCUT2D eigenvalue weighted by Crippen LogP contribution is -2.46. The molecule has 0 unspecified atom stereocenters. The summed E-state index contributed by atoms with van der Waals surface area (Å²) in [6.45, 7) is 6.19. The van der Waals surface area contributed by atoms with E-state index < -0.39 is 0 Å². The van der Waals surface area contributed by atoms with Gasteiger partial charge in [0, 0.05) is 56.0 Å². The van der Waals surface area contributed by atoms with Crippen LogP contribution < -0.4 is 5.32 Å². The summed E-state index contributed by atoms with van der Waals surface area (Å²) in [7, 11) is 2.23. The van der Waals surface area contributed by atoms with Gasteiger partial charge in [-0.25, -0.2) is 0 Å². The number of fused-ring (bicyclic) bond motifs is 1. The van der Waals surface area contributed by atoms with E-state index >= 15 is 0 Å². The molecule has 1 saturated heterocycles. The SMILES string of the molecule is CN1CCN(C[C@@H]2CCC[C@H](Nc3ccnc4ccccc34)C2)CC1. The molecule has 2 aromatic rings. The molecule has 2 heterocycles. The molecule has 1 aliphatic heterocycles. The molecule has 25 heavy (non-hydrogen) atoms. The zero-order valence-electron chi connectivity index (χ0n) is 15.3. The van der Waals surface area contributed by atoms with Gasteiger partial charge in [0.2, 0.25) is 0 Å². The van der Waals surface area contributed by atoms with Crippen LogP contribution >= 0.6 is 0 Å². The van der Waals surface area contributed by atoms with Crippen molar-refractivity contribution in [1.29, 1.82) is 0 Å². The molecule has 134 valence electrons. The summed E-state index contributed by atoms with van der Waals surface area (Å²) in [5.74, 6) is 0.836. The van der Waals surface area contributed by atoms with Crippen LogP contribution in [-0.2, 0) is 0 Å². The van der Waals surface area contributed by atoms with Crippen LogP contribution in [-0.4, -0.2) is 60.6 Å². The van der Waals surface area contributed by atoms with Crippen LogP contribution in [0, 0.1) is 5.92 Å². The zero-order valence-corrected chi connectivity index (χ0v) is 15.3. The Hall–Kier alpha value is -1.65. The number of hydrogen-bond donors (Lipinski definition) is 1. The van der Waals surface area contributed by atoms with Crippen molar-refractivity contribution in [3.8, 4) is 0 Å². The number of pyridine rings is 1. The molecule has 0 spiro atoms. The normalized spacial score (nSPS) is 26.0. The number of anilines is 1. The zero-order chi connectivity index (χ0) is 17.1. The maximum atomic E-state index is 4.48. The van der Waals surface area contributed by atoms with Gasteiger partial charge in [-0.3, -0.25) is 4.98 Å². The molecule has 4 nitrogen and oxygen atoms in total. The van der Waals surface area contributed by atoms with E-state index in [1.165, 1.54) is 69.5 Å². The third kappa shape index (κ3) is 4.13. The average molecular weight is 338 g/mol. The largest absolute Gasteiger partial charge is 0.382 e. The molecule has 1 aromatic heterocycles. The van der Waals surface area contributed by atoms with E-state index in [0.29, 0.717) is 6.04 Å². The molecule has 4 rings (SSSR count). The Balaban J connectivity index is 1.38. The number of nitrogens with one attached hydrogen (secondary N) is 1. The molecular formula is C21H30N4. The molecule has 2 aliphatic rings. The second-order valence-corrected chi connectivity index (χ2v) is 7.85. The Bertz CT molecular complexity index is 688. The van der Waals surface area contributed by atoms with Crippen molar-refractivity contribution in [2.24, 2.45) is 5.92 Å². The first-order chi connectivity index (χ1) is 12.3. The quantitative estimate of drug-likeness (QED) is 0.925. The molecule has 1 aliphatic carbocycles. The lowest BCUT2D eigenvalue weighted by atomic mass is 9.85. The summed E-state index contributed by atoms with van der Waals surface area (Å²) in [5, 5.41) is 5.07. The fourth-order valence-electron chi connectivity index (χ4n) is 4.43. The third-order valence-corrected chi connectivity index (χ3v) is 5.90. The van der Waals surface area contributed by atoms with Crippen molar-refractivity contribution in [2.45, 2.75) is 31.7 Å². The average Bonchev–Trinajstić information content (AvgIpc) is 2.64. The maximum Gasteiger partial charge on any atom is 0.0722 e. The Morgan fingerprint density at radius 3 is 2.80 bits per heavy atom. The van der Waals surface area contributed by atoms with Gasteiger partial charge in [0.25, 0.3) is 0 Å². The van der Waals surface area contributed by atoms with Crippen LogP contribution in [0.1, 0.15) is 25.7 Å². The molecule has 1 saturated carbocycles. The van der Waals surface area contributed by atoms with Crippen molar-refractivity contribution in [1.82, 2.24) is 14.8 Å². The number of para-hydroxylation sites is 1. The highest BCUT2D eigenvalue weighted by Gasteiger charge is 2.25. The number of rotatable bonds is 4. The lowest BCUT2D eigenvalue weighted by Gasteiger charge is -2.37. The van der Waals surface area contributed by atoms with Gasteiger partial charge in [-0.15, -0.1) is 0 Å². The fraction of sp³-hybridized carbons (Fsp3) is 0.571. The van der Waals surface area contributed by atoms with Crippen molar-refractivity contribution in [3.63, 3.8) is 0 Å². The van der Waals surface area contributed by atoms with Crippen molar-refractivity contribution < 1.29 is 0 Å². The molecular weight excluding hydrogens is 308 g/mol. The fourth-order valence-corrected chi connectivity index (χ4v) is 4.43. The Kier molecular flexibility index (Phi) is 5.18. The predicted molar refractivity (Wildman–Crippen MR) is 105 cm³/mol. The van der Waals surface area contributed by atoms with Gasteiger partial charge >= 0.3 is 0 Å². The van der Waals surface area contributed by atoms with Gasteiger partial charge in [0.1, 0.15) is 0 Å². The van der Waals surface area contributed by atoms with Crippen LogP contribution in [0.4, 0.5) is 5.69 Å². The van der Waals surface area contributed by atoms with E-state index in [9.17, 15) is 0 Å². The number of benzene rings is 1. The van der Waals surface area contributed by atoms with Crippen LogP contribution in [0.15, 0.2) is 36.5 Å². The number of aromatic nitrogens is 1. The molecule has 2 fully saturated rings.